The maximum atomic E-state index is 12.4. The van der Waals surface area contributed by atoms with Crippen molar-refractivity contribution in [3.05, 3.63) is 29.8 Å². The van der Waals surface area contributed by atoms with E-state index in [4.69, 9.17) is 4.74 Å². The Morgan fingerprint density at radius 3 is 2.34 bits per heavy atom. The van der Waals surface area contributed by atoms with Crippen molar-refractivity contribution in [2.45, 2.75) is 63.9 Å². The van der Waals surface area contributed by atoms with Crippen LogP contribution < -0.4 is 16.0 Å². The smallest absolute Gasteiger partial charge is 0.459 e. The van der Waals surface area contributed by atoms with Gasteiger partial charge in [-0.3, -0.25) is 4.79 Å². The van der Waals surface area contributed by atoms with Gasteiger partial charge in [-0.05, 0) is 57.7 Å². The number of esters is 1. The zero-order chi connectivity index (χ0) is 21.6. The first kappa shape index (κ1) is 22.5. The lowest BCUT2D eigenvalue weighted by Gasteiger charge is -2.29. The molecule has 1 aromatic rings. The van der Waals surface area contributed by atoms with E-state index in [0.717, 1.165) is 0 Å². The SMILES string of the molecule is CC(C)NC(=O)Nc1cccc(C(=O)OC2CCC(NC(=O)C(F)(F)F)CC2)c1. The number of alkyl halides is 3. The van der Waals surface area contributed by atoms with Crippen LogP contribution in [-0.4, -0.2) is 42.3 Å². The van der Waals surface area contributed by atoms with E-state index < -0.39 is 36.2 Å². The predicted octanol–water partition coefficient (Wildman–Crippen LogP) is 3.36. The Balaban J connectivity index is 1.84. The van der Waals surface area contributed by atoms with Crippen molar-refractivity contribution in [3.63, 3.8) is 0 Å². The third kappa shape index (κ3) is 7.28. The summed E-state index contributed by atoms with van der Waals surface area (Å²) in [5.41, 5.74) is 0.677. The Morgan fingerprint density at radius 1 is 1.10 bits per heavy atom. The minimum Gasteiger partial charge on any atom is -0.459 e. The molecule has 160 valence electrons. The summed E-state index contributed by atoms with van der Waals surface area (Å²) in [7, 11) is 0. The van der Waals surface area contributed by atoms with Crippen molar-refractivity contribution in [1.29, 1.82) is 0 Å². The van der Waals surface area contributed by atoms with E-state index in [1.54, 1.807) is 18.2 Å². The molecule has 1 aliphatic rings. The largest absolute Gasteiger partial charge is 0.471 e. The van der Waals surface area contributed by atoms with Crippen LogP contribution >= 0.6 is 0 Å². The average molecular weight is 415 g/mol. The molecule has 1 saturated carbocycles. The van der Waals surface area contributed by atoms with Crippen LogP contribution in [0, 0.1) is 0 Å². The van der Waals surface area contributed by atoms with Gasteiger partial charge in [-0.25, -0.2) is 9.59 Å². The zero-order valence-corrected chi connectivity index (χ0v) is 16.1. The number of halogens is 3. The maximum absolute atomic E-state index is 12.4. The number of carbonyl (C=O) groups is 3. The van der Waals surface area contributed by atoms with E-state index in [0.29, 0.717) is 18.5 Å². The van der Waals surface area contributed by atoms with E-state index in [1.807, 2.05) is 19.2 Å². The van der Waals surface area contributed by atoms with E-state index in [9.17, 15) is 27.6 Å². The first-order chi connectivity index (χ1) is 13.5. The second-order valence-corrected chi connectivity index (χ2v) is 7.18. The molecule has 29 heavy (non-hydrogen) atoms. The van der Waals surface area contributed by atoms with Crippen LogP contribution in [0.1, 0.15) is 49.9 Å². The van der Waals surface area contributed by atoms with Gasteiger partial charge in [0.15, 0.2) is 0 Å². The summed E-state index contributed by atoms with van der Waals surface area (Å²) < 4.78 is 42.3. The summed E-state index contributed by atoms with van der Waals surface area (Å²) in [4.78, 5) is 35.1. The maximum Gasteiger partial charge on any atom is 0.471 e. The summed E-state index contributed by atoms with van der Waals surface area (Å²) in [5.74, 6) is -2.54. The van der Waals surface area contributed by atoms with Gasteiger partial charge in [0.1, 0.15) is 6.10 Å². The normalized spacial score (nSPS) is 19.4. The molecule has 10 heteroatoms. The van der Waals surface area contributed by atoms with Crippen molar-refractivity contribution in [1.82, 2.24) is 10.6 Å². The minimum atomic E-state index is -4.91. The zero-order valence-electron chi connectivity index (χ0n) is 16.1. The van der Waals surface area contributed by atoms with Crippen LogP contribution in [0.5, 0.6) is 0 Å². The summed E-state index contributed by atoms with van der Waals surface area (Å²) >= 11 is 0. The van der Waals surface area contributed by atoms with Gasteiger partial charge in [-0.2, -0.15) is 13.2 Å². The number of hydrogen-bond donors (Lipinski definition) is 3. The highest BCUT2D eigenvalue weighted by Crippen LogP contribution is 2.24. The molecule has 0 saturated heterocycles. The van der Waals surface area contributed by atoms with Crippen molar-refractivity contribution >= 4 is 23.6 Å². The number of benzene rings is 1. The van der Waals surface area contributed by atoms with Gasteiger partial charge in [0.25, 0.3) is 0 Å². The summed E-state index contributed by atoms with van der Waals surface area (Å²) in [6.45, 7) is 3.63. The number of urea groups is 1. The molecule has 2 rings (SSSR count). The molecular weight excluding hydrogens is 391 g/mol. The monoisotopic (exact) mass is 415 g/mol. The molecule has 3 amide bonds. The quantitative estimate of drug-likeness (QED) is 0.643. The lowest BCUT2D eigenvalue weighted by molar-refractivity contribution is -0.174. The molecule has 3 N–H and O–H groups in total. The molecule has 1 aromatic carbocycles. The van der Waals surface area contributed by atoms with Gasteiger partial charge >= 0.3 is 24.1 Å². The van der Waals surface area contributed by atoms with Crippen LogP contribution in [0.2, 0.25) is 0 Å². The summed E-state index contributed by atoms with van der Waals surface area (Å²) in [6, 6.07) is 5.23. The lowest BCUT2D eigenvalue weighted by atomic mass is 9.93. The van der Waals surface area contributed by atoms with E-state index in [2.05, 4.69) is 10.6 Å². The van der Waals surface area contributed by atoms with Gasteiger partial charge in [0, 0.05) is 17.8 Å². The van der Waals surface area contributed by atoms with Crippen molar-refractivity contribution in [2.75, 3.05) is 5.32 Å². The fourth-order valence-electron chi connectivity index (χ4n) is 2.96. The highest BCUT2D eigenvalue weighted by atomic mass is 19.4. The Kier molecular flexibility index (Phi) is 7.46. The third-order valence-corrected chi connectivity index (χ3v) is 4.32. The van der Waals surface area contributed by atoms with Crippen LogP contribution in [-0.2, 0) is 9.53 Å². The van der Waals surface area contributed by atoms with Crippen LogP contribution in [0.4, 0.5) is 23.7 Å². The standard InChI is InChI=1S/C19H24F3N3O4/c1-11(2)23-18(28)25-14-5-3-4-12(10-14)16(26)29-15-8-6-13(7-9-15)24-17(27)19(20,21)22/h3-5,10-11,13,15H,6-9H2,1-2H3,(H,24,27)(H2,23,25,28). The number of hydrogen-bond acceptors (Lipinski definition) is 4. The summed E-state index contributed by atoms with van der Waals surface area (Å²) in [6.07, 6.45) is -4.07. The Bertz CT molecular complexity index is 744. The van der Waals surface area contributed by atoms with Crippen LogP contribution in [0.25, 0.3) is 0 Å². The predicted molar refractivity (Wildman–Crippen MR) is 99.4 cm³/mol. The molecule has 0 aliphatic heterocycles. The number of ether oxygens (including phenoxy) is 1. The third-order valence-electron chi connectivity index (χ3n) is 4.32. The van der Waals surface area contributed by atoms with Crippen molar-refractivity contribution in [2.24, 2.45) is 0 Å². The molecule has 0 heterocycles. The average Bonchev–Trinajstić information content (AvgIpc) is 2.62. The molecule has 0 unspecified atom stereocenters. The lowest BCUT2D eigenvalue weighted by Crippen LogP contribution is -2.45. The Labute approximate surface area is 166 Å². The van der Waals surface area contributed by atoms with Crippen molar-refractivity contribution < 1.29 is 32.3 Å². The Hall–Kier alpha value is -2.78. The first-order valence-electron chi connectivity index (χ1n) is 9.31. The number of anilines is 1. The number of amides is 3. The second-order valence-electron chi connectivity index (χ2n) is 7.18. The van der Waals surface area contributed by atoms with Gasteiger partial charge < -0.3 is 20.7 Å². The molecule has 0 atom stereocenters. The number of rotatable bonds is 5. The molecule has 1 aliphatic carbocycles. The Morgan fingerprint density at radius 2 is 1.76 bits per heavy atom. The molecular formula is C19H24F3N3O4. The van der Waals surface area contributed by atoms with Gasteiger partial charge in [0.05, 0.1) is 5.56 Å². The molecule has 0 spiro atoms. The fourth-order valence-corrected chi connectivity index (χ4v) is 2.96. The first-order valence-corrected chi connectivity index (χ1v) is 9.31. The molecule has 0 bridgehead atoms. The molecule has 7 nitrogen and oxygen atoms in total. The summed E-state index contributed by atoms with van der Waals surface area (Å²) in [5, 5.41) is 7.24. The van der Waals surface area contributed by atoms with E-state index in [1.165, 1.54) is 6.07 Å². The van der Waals surface area contributed by atoms with Crippen LogP contribution in [0.15, 0.2) is 24.3 Å². The van der Waals surface area contributed by atoms with E-state index >= 15 is 0 Å². The topological polar surface area (TPSA) is 96.5 Å². The van der Waals surface area contributed by atoms with Crippen LogP contribution in [0.3, 0.4) is 0 Å². The number of carbonyl (C=O) groups excluding carboxylic acids is 3. The highest BCUT2D eigenvalue weighted by Gasteiger charge is 2.40. The second kappa shape index (κ2) is 9.62. The highest BCUT2D eigenvalue weighted by molar-refractivity contribution is 5.94. The minimum absolute atomic E-state index is 0.0424. The fraction of sp³-hybridized carbons (Fsp3) is 0.526. The molecule has 0 aromatic heterocycles. The van der Waals surface area contributed by atoms with Gasteiger partial charge in [-0.15, -0.1) is 0 Å². The van der Waals surface area contributed by atoms with Crippen molar-refractivity contribution in [3.8, 4) is 0 Å². The number of nitrogens with one attached hydrogen (secondary N) is 3. The molecule has 1 fully saturated rings. The van der Waals surface area contributed by atoms with E-state index in [-0.39, 0.29) is 24.4 Å². The van der Waals surface area contributed by atoms with Gasteiger partial charge in [0.2, 0.25) is 0 Å². The molecule has 0 radical (unpaired) electrons. The van der Waals surface area contributed by atoms with Gasteiger partial charge in [-0.1, -0.05) is 6.07 Å².